The SMILES string of the molecule is COCC(NC(=O)NC(C)CC(O)c1ccco1)c1ccccc1. The highest BCUT2D eigenvalue weighted by Gasteiger charge is 2.18. The minimum absolute atomic E-state index is 0.218. The van der Waals surface area contributed by atoms with Gasteiger partial charge in [0.25, 0.3) is 0 Å². The van der Waals surface area contributed by atoms with Crippen LogP contribution in [0.1, 0.15) is 36.8 Å². The number of ether oxygens (including phenoxy) is 1. The summed E-state index contributed by atoms with van der Waals surface area (Å²) in [6, 6.07) is 12.3. The molecule has 3 N–H and O–H groups in total. The Hall–Kier alpha value is -2.31. The van der Waals surface area contributed by atoms with Crippen LogP contribution in [0.4, 0.5) is 4.79 Å². The highest BCUT2D eigenvalue weighted by molar-refractivity contribution is 5.74. The molecule has 24 heavy (non-hydrogen) atoms. The normalized spacial score (nSPS) is 14.6. The van der Waals surface area contributed by atoms with Gasteiger partial charge in [0, 0.05) is 19.6 Å². The lowest BCUT2D eigenvalue weighted by molar-refractivity contribution is 0.128. The van der Waals surface area contributed by atoms with Crippen LogP contribution >= 0.6 is 0 Å². The molecule has 0 fully saturated rings. The van der Waals surface area contributed by atoms with Gasteiger partial charge >= 0.3 is 6.03 Å². The molecular weight excluding hydrogens is 308 g/mol. The molecule has 130 valence electrons. The first-order valence-electron chi connectivity index (χ1n) is 7.92. The van der Waals surface area contributed by atoms with Gasteiger partial charge in [-0.05, 0) is 24.6 Å². The lowest BCUT2D eigenvalue weighted by atomic mass is 10.1. The molecule has 2 aromatic rings. The van der Waals surface area contributed by atoms with E-state index < -0.39 is 6.10 Å². The van der Waals surface area contributed by atoms with Crippen LogP contribution in [-0.4, -0.2) is 30.9 Å². The maximum atomic E-state index is 12.2. The lowest BCUT2D eigenvalue weighted by Crippen LogP contribution is -2.43. The van der Waals surface area contributed by atoms with E-state index >= 15 is 0 Å². The van der Waals surface area contributed by atoms with E-state index in [1.54, 1.807) is 19.2 Å². The van der Waals surface area contributed by atoms with Gasteiger partial charge < -0.3 is 24.9 Å². The van der Waals surface area contributed by atoms with Crippen LogP contribution in [0.15, 0.2) is 53.1 Å². The first-order chi connectivity index (χ1) is 11.6. The molecule has 2 amide bonds. The third kappa shape index (κ3) is 5.40. The van der Waals surface area contributed by atoms with Crippen molar-refractivity contribution in [2.24, 2.45) is 0 Å². The largest absolute Gasteiger partial charge is 0.467 e. The number of rotatable bonds is 8. The minimum Gasteiger partial charge on any atom is -0.467 e. The van der Waals surface area contributed by atoms with Crippen molar-refractivity contribution >= 4 is 6.03 Å². The van der Waals surface area contributed by atoms with Crippen molar-refractivity contribution in [2.45, 2.75) is 31.5 Å². The van der Waals surface area contributed by atoms with E-state index in [1.807, 2.05) is 37.3 Å². The van der Waals surface area contributed by atoms with Gasteiger partial charge in [-0.25, -0.2) is 4.79 Å². The summed E-state index contributed by atoms with van der Waals surface area (Å²) in [5, 5.41) is 15.8. The van der Waals surface area contributed by atoms with Gasteiger partial charge in [-0.3, -0.25) is 0 Å². The molecule has 6 nitrogen and oxygen atoms in total. The maximum Gasteiger partial charge on any atom is 0.315 e. The molecule has 0 aliphatic carbocycles. The van der Waals surface area contributed by atoms with Gasteiger partial charge in [-0.15, -0.1) is 0 Å². The van der Waals surface area contributed by atoms with Gasteiger partial charge in [0.1, 0.15) is 11.9 Å². The lowest BCUT2D eigenvalue weighted by Gasteiger charge is -2.21. The standard InChI is InChI=1S/C18H24N2O4/c1-13(11-16(21)17-9-6-10-24-17)19-18(22)20-15(12-23-2)14-7-4-3-5-8-14/h3-10,13,15-16,21H,11-12H2,1-2H3,(H2,19,20,22). The average molecular weight is 332 g/mol. The third-order valence-corrected chi connectivity index (χ3v) is 3.67. The summed E-state index contributed by atoms with van der Waals surface area (Å²) in [7, 11) is 1.60. The Labute approximate surface area is 141 Å². The van der Waals surface area contributed by atoms with Gasteiger partial charge in [-0.2, -0.15) is 0 Å². The zero-order valence-corrected chi connectivity index (χ0v) is 13.9. The zero-order chi connectivity index (χ0) is 17.4. The minimum atomic E-state index is -0.751. The van der Waals surface area contributed by atoms with Gasteiger partial charge in [0.05, 0.1) is 18.9 Å². The van der Waals surface area contributed by atoms with E-state index in [4.69, 9.17) is 9.15 Å². The molecule has 0 aliphatic rings. The smallest absolute Gasteiger partial charge is 0.315 e. The summed E-state index contributed by atoms with van der Waals surface area (Å²) in [5.41, 5.74) is 0.970. The topological polar surface area (TPSA) is 83.7 Å². The Kier molecular flexibility index (Phi) is 6.84. The number of carbonyl (C=O) groups is 1. The number of urea groups is 1. The van der Waals surface area contributed by atoms with E-state index in [0.717, 1.165) is 5.56 Å². The summed E-state index contributed by atoms with van der Waals surface area (Å²) in [6.07, 6.45) is 1.12. The number of amides is 2. The molecule has 1 heterocycles. The number of aliphatic hydroxyl groups is 1. The number of nitrogens with one attached hydrogen (secondary N) is 2. The Morgan fingerprint density at radius 3 is 2.58 bits per heavy atom. The Bertz CT molecular complexity index is 601. The van der Waals surface area contributed by atoms with E-state index in [-0.39, 0.29) is 18.1 Å². The molecule has 3 unspecified atom stereocenters. The second kappa shape index (κ2) is 9.10. The molecular formula is C18H24N2O4. The molecule has 3 atom stereocenters. The van der Waals surface area contributed by atoms with Crippen molar-refractivity contribution in [2.75, 3.05) is 13.7 Å². The maximum absolute atomic E-state index is 12.2. The van der Waals surface area contributed by atoms with Crippen LogP contribution in [-0.2, 0) is 4.74 Å². The Morgan fingerprint density at radius 2 is 1.96 bits per heavy atom. The van der Waals surface area contributed by atoms with Crippen molar-refractivity contribution in [1.29, 1.82) is 0 Å². The van der Waals surface area contributed by atoms with Crippen LogP contribution in [0.2, 0.25) is 0 Å². The molecule has 0 saturated heterocycles. The number of aliphatic hydroxyl groups excluding tert-OH is 1. The Balaban J connectivity index is 1.86. The number of benzene rings is 1. The van der Waals surface area contributed by atoms with Crippen LogP contribution in [0.5, 0.6) is 0 Å². The molecule has 1 aromatic heterocycles. The van der Waals surface area contributed by atoms with Crippen LogP contribution < -0.4 is 10.6 Å². The van der Waals surface area contributed by atoms with Gasteiger partial charge in [0.2, 0.25) is 0 Å². The quantitative estimate of drug-likeness (QED) is 0.694. The van der Waals surface area contributed by atoms with Crippen LogP contribution in [0, 0.1) is 0 Å². The van der Waals surface area contributed by atoms with Crippen molar-refractivity contribution in [3.63, 3.8) is 0 Å². The summed E-state index contributed by atoms with van der Waals surface area (Å²) in [6.45, 7) is 2.21. The molecule has 0 radical (unpaired) electrons. The molecule has 6 heteroatoms. The fourth-order valence-corrected chi connectivity index (χ4v) is 2.49. The molecule has 0 bridgehead atoms. The molecule has 1 aromatic carbocycles. The fourth-order valence-electron chi connectivity index (χ4n) is 2.49. The van der Waals surface area contributed by atoms with Crippen molar-refractivity contribution in [3.8, 4) is 0 Å². The summed E-state index contributed by atoms with van der Waals surface area (Å²) >= 11 is 0. The molecule has 2 rings (SSSR count). The zero-order valence-electron chi connectivity index (χ0n) is 13.9. The van der Waals surface area contributed by atoms with Crippen LogP contribution in [0.25, 0.3) is 0 Å². The average Bonchev–Trinajstić information content (AvgIpc) is 3.09. The molecule has 0 aliphatic heterocycles. The summed E-state index contributed by atoms with van der Waals surface area (Å²) in [4.78, 5) is 12.2. The number of hydrogen-bond donors (Lipinski definition) is 3. The van der Waals surface area contributed by atoms with Gasteiger partial charge in [-0.1, -0.05) is 30.3 Å². The summed E-state index contributed by atoms with van der Waals surface area (Å²) < 4.78 is 10.3. The van der Waals surface area contributed by atoms with E-state index in [9.17, 15) is 9.90 Å². The predicted molar refractivity (Wildman–Crippen MR) is 90.5 cm³/mol. The second-order valence-electron chi connectivity index (χ2n) is 5.70. The monoisotopic (exact) mass is 332 g/mol. The first-order valence-corrected chi connectivity index (χ1v) is 7.92. The number of furan rings is 1. The fraction of sp³-hybridized carbons (Fsp3) is 0.389. The van der Waals surface area contributed by atoms with Crippen molar-refractivity contribution in [1.82, 2.24) is 10.6 Å². The highest BCUT2D eigenvalue weighted by Crippen LogP contribution is 2.18. The van der Waals surface area contributed by atoms with Crippen LogP contribution in [0.3, 0.4) is 0 Å². The Morgan fingerprint density at radius 1 is 1.21 bits per heavy atom. The van der Waals surface area contributed by atoms with Crippen molar-refractivity contribution in [3.05, 3.63) is 60.1 Å². The van der Waals surface area contributed by atoms with E-state index in [0.29, 0.717) is 18.8 Å². The van der Waals surface area contributed by atoms with Gasteiger partial charge in [0.15, 0.2) is 0 Å². The highest BCUT2D eigenvalue weighted by atomic mass is 16.5. The predicted octanol–water partition coefficient (Wildman–Crippen LogP) is 2.78. The molecule has 0 saturated carbocycles. The first kappa shape index (κ1) is 18.0. The third-order valence-electron chi connectivity index (χ3n) is 3.67. The van der Waals surface area contributed by atoms with Crippen molar-refractivity contribution < 1.29 is 19.1 Å². The second-order valence-corrected chi connectivity index (χ2v) is 5.70. The number of methoxy groups -OCH3 is 1. The van der Waals surface area contributed by atoms with E-state index in [2.05, 4.69) is 10.6 Å². The summed E-state index contributed by atoms with van der Waals surface area (Å²) in [5.74, 6) is 0.491. The number of hydrogen-bond acceptors (Lipinski definition) is 4. The molecule has 0 spiro atoms. The number of carbonyl (C=O) groups excluding carboxylic acids is 1. The van der Waals surface area contributed by atoms with E-state index in [1.165, 1.54) is 6.26 Å².